The van der Waals surface area contributed by atoms with Gasteiger partial charge in [-0.05, 0) is 28.8 Å². The van der Waals surface area contributed by atoms with Gasteiger partial charge in [0.2, 0.25) is 0 Å². The first-order valence-corrected chi connectivity index (χ1v) is 7.68. The van der Waals surface area contributed by atoms with Crippen LogP contribution in [0.3, 0.4) is 0 Å². The summed E-state index contributed by atoms with van der Waals surface area (Å²) in [6.45, 7) is 0. The number of hydrogen-bond donors (Lipinski definition) is 1. The molecule has 0 bridgehead atoms. The van der Waals surface area contributed by atoms with E-state index in [0.29, 0.717) is 11.1 Å². The first kappa shape index (κ1) is 16.0. The van der Waals surface area contributed by atoms with E-state index in [1.165, 1.54) is 7.11 Å². The van der Waals surface area contributed by atoms with Gasteiger partial charge in [-0.3, -0.25) is 0 Å². The van der Waals surface area contributed by atoms with Crippen molar-refractivity contribution in [2.75, 3.05) is 7.11 Å². The highest BCUT2D eigenvalue weighted by Gasteiger charge is 2.33. The molecule has 3 heteroatoms. The van der Waals surface area contributed by atoms with Crippen LogP contribution in [0.2, 0.25) is 0 Å². The number of esters is 1. The average molecular weight is 318 g/mol. The highest BCUT2D eigenvalue weighted by Crippen LogP contribution is 2.36. The molecule has 0 radical (unpaired) electrons. The van der Waals surface area contributed by atoms with Crippen molar-refractivity contribution in [1.82, 2.24) is 0 Å². The van der Waals surface area contributed by atoms with Gasteiger partial charge in [0.25, 0.3) is 0 Å². The normalized spacial score (nSPS) is 11.1. The fourth-order valence-corrected chi connectivity index (χ4v) is 2.82. The molecule has 120 valence electrons. The van der Waals surface area contributed by atoms with Crippen LogP contribution in [0.5, 0.6) is 0 Å². The predicted octanol–water partition coefficient (Wildman–Crippen LogP) is 3.76. The van der Waals surface area contributed by atoms with Crippen molar-refractivity contribution in [3.63, 3.8) is 0 Å². The van der Waals surface area contributed by atoms with Crippen LogP contribution >= 0.6 is 0 Å². The summed E-state index contributed by atoms with van der Waals surface area (Å²) in [7, 11) is 1.35. The molecule has 0 aromatic heterocycles. The molecule has 3 rings (SSSR count). The van der Waals surface area contributed by atoms with Gasteiger partial charge < -0.3 is 9.84 Å². The van der Waals surface area contributed by atoms with Gasteiger partial charge in [-0.15, -0.1) is 0 Å². The Kier molecular flexibility index (Phi) is 4.45. The van der Waals surface area contributed by atoms with E-state index in [9.17, 15) is 9.90 Å². The van der Waals surface area contributed by atoms with Crippen LogP contribution in [0, 0.1) is 0 Å². The molecular formula is C21H18O3. The molecule has 0 heterocycles. The van der Waals surface area contributed by atoms with Gasteiger partial charge >= 0.3 is 5.97 Å². The summed E-state index contributed by atoms with van der Waals surface area (Å²) in [4.78, 5) is 11.6. The summed E-state index contributed by atoms with van der Waals surface area (Å²) in [6.07, 6.45) is 0. The number of rotatable bonds is 4. The summed E-state index contributed by atoms with van der Waals surface area (Å²) >= 11 is 0. The Hall–Kier alpha value is -2.91. The fourth-order valence-electron chi connectivity index (χ4n) is 2.82. The smallest absolute Gasteiger partial charge is 0.337 e. The Labute approximate surface area is 141 Å². The molecule has 3 nitrogen and oxygen atoms in total. The molecule has 0 spiro atoms. The standard InChI is InChI=1S/C21H18O3/c1-24-20(22)16-12-14-19(15-13-16)21(23,17-8-4-2-5-9-17)18-10-6-3-7-11-18/h2-15,23H,1H3. The van der Waals surface area contributed by atoms with Crippen molar-refractivity contribution < 1.29 is 14.6 Å². The number of benzene rings is 3. The van der Waals surface area contributed by atoms with Crippen LogP contribution in [0.1, 0.15) is 27.0 Å². The zero-order valence-electron chi connectivity index (χ0n) is 13.3. The third-order valence-corrected chi connectivity index (χ3v) is 4.11. The second-order valence-corrected chi connectivity index (χ2v) is 5.51. The fraction of sp³-hybridized carbons (Fsp3) is 0.0952. The minimum atomic E-state index is -1.29. The lowest BCUT2D eigenvalue weighted by Crippen LogP contribution is -2.28. The Morgan fingerprint density at radius 3 is 1.58 bits per heavy atom. The van der Waals surface area contributed by atoms with E-state index in [0.717, 1.165) is 11.1 Å². The van der Waals surface area contributed by atoms with Gasteiger partial charge in [-0.2, -0.15) is 0 Å². The first-order chi connectivity index (χ1) is 11.7. The van der Waals surface area contributed by atoms with Crippen molar-refractivity contribution in [3.8, 4) is 0 Å². The monoisotopic (exact) mass is 318 g/mol. The van der Waals surface area contributed by atoms with Crippen LogP contribution < -0.4 is 0 Å². The Balaban J connectivity index is 2.14. The highest BCUT2D eigenvalue weighted by atomic mass is 16.5. The van der Waals surface area contributed by atoms with Gasteiger partial charge in [-0.25, -0.2) is 4.79 Å². The molecule has 0 saturated carbocycles. The van der Waals surface area contributed by atoms with Crippen molar-refractivity contribution in [2.24, 2.45) is 0 Å². The molecule has 0 aliphatic rings. The van der Waals surface area contributed by atoms with Crippen LogP contribution in [0.25, 0.3) is 0 Å². The minimum absolute atomic E-state index is 0.399. The van der Waals surface area contributed by atoms with Gasteiger partial charge in [0.15, 0.2) is 0 Å². The van der Waals surface area contributed by atoms with Crippen LogP contribution in [-0.2, 0) is 10.3 Å². The lowest BCUT2D eigenvalue weighted by atomic mass is 9.80. The van der Waals surface area contributed by atoms with E-state index in [4.69, 9.17) is 4.74 Å². The molecule has 0 aliphatic carbocycles. The molecule has 1 N–H and O–H groups in total. The molecule has 24 heavy (non-hydrogen) atoms. The molecule has 0 unspecified atom stereocenters. The molecule has 0 aliphatic heterocycles. The van der Waals surface area contributed by atoms with Crippen LogP contribution in [-0.4, -0.2) is 18.2 Å². The zero-order chi connectivity index (χ0) is 17.0. The SMILES string of the molecule is COC(=O)c1ccc(C(O)(c2ccccc2)c2ccccc2)cc1. The quantitative estimate of drug-likeness (QED) is 0.588. The molecule has 0 atom stereocenters. The minimum Gasteiger partial charge on any atom is -0.465 e. The highest BCUT2D eigenvalue weighted by molar-refractivity contribution is 5.89. The summed E-state index contributed by atoms with van der Waals surface area (Å²) in [6, 6.07) is 25.8. The van der Waals surface area contributed by atoms with E-state index in [-0.39, 0.29) is 0 Å². The molecule has 0 fully saturated rings. The Bertz CT molecular complexity index is 769. The number of aliphatic hydroxyl groups is 1. The number of ether oxygens (including phenoxy) is 1. The van der Waals surface area contributed by atoms with Gasteiger partial charge in [0, 0.05) is 0 Å². The number of methoxy groups -OCH3 is 1. The number of carbonyl (C=O) groups excluding carboxylic acids is 1. The van der Waals surface area contributed by atoms with Crippen LogP contribution in [0.15, 0.2) is 84.9 Å². The third-order valence-electron chi connectivity index (χ3n) is 4.11. The molecular weight excluding hydrogens is 300 g/mol. The van der Waals surface area contributed by atoms with E-state index in [1.807, 2.05) is 60.7 Å². The van der Waals surface area contributed by atoms with Crippen molar-refractivity contribution in [2.45, 2.75) is 5.60 Å². The Morgan fingerprint density at radius 1 is 0.750 bits per heavy atom. The molecule has 0 saturated heterocycles. The van der Waals surface area contributed by atoms with E-state index in [2.05, 4.69) is 0 Å². The number of carbonyl (C=O) groups is 1. The van der Waals surface area contributed by atoms with Gasteiger partial charge in [-0.1, -0.05) is 72.8 Å². The summed E-state index contributed by atoms with van der Waals surface area (Å²) in [5, 5.41) is 11.6. The van der Waals surface area contributed by atoms with Crippen LogP contribution in [0.4, 0.5) is 0 Å². The average Bonchev–Trinajstić information content (AvgIpc) is 2.68. The molecule has 0 amide bonds. The lowest BCUT2D eigenvalue weighted by molar-refractivity contribution is 0.0600. The zero-order valence-corrected chi connectivity index (χ0v) is 13.3. The molecule has 3 aromatic rings. The second kappa shape index (κ2) is 6.69. The van der Waals surface area contributed by atoms with Crippen molar-refractivity contribution in [3.05, 3.63) is 107 Å². The van der Waals surface area contributed by atoms with E-state index < -0.39 is 11.6 Å². The lowest BCUT2D eigenvalue weighted by Gasteiger charge is -2.30. The summed E-state index contributed by atoms with van der Waals surface area (Å²) < 4.78 is 4.73. The summed E-state index contributed by atoms with van der Waals surface area (Å²) in [5.74, 6) is -0.399. The van der Waals surface area contributed by atoms with Gasteiger partial charge in [0.1, 0.15) is 5.60 Å². The van der Waals surface area contributed by atoms with Gasteiger partial charge in [0.05, 0.1) is 12.7 Å². The largest absolute Gasteiger partial charge is 0.465 e. The Morgan fingerprint density at radius 2 is 1.17 bits per heavy atom. The van der Waals surface area contributed by atoms with Crippen molar-refractivity contribution >= 4 is 5.97 Å². The second-order valence-electron chi connectivity index (χ2n) is 5.51. The third kappa shape index (κ3) is 2.82. The van der Waals surface area contributed by atoms with E-state index in [1.54, 1.807) is 24.3 Å². The molecule has 3 aromatic carbocycles. The number of hydrogen-bond acceptors (Lipinski definition) is 3. The topological polar surface area (TPSA) is 46.5 Å². The maximum Gasteiger partial charge on any atom is 0.337 e. The van der Waals surface area contributed by atoms with E-state index >= 15 is 0 Å². The van der Waals surface area contributed by atoms with Crippen molar-refractivity contribution in [1.29, 1.82) is 0 Å². The first-order valence-electron chi connectivity index (χ1n) is 7.68. The summed E-state index contributed by atoms with van der Waals surface area (Å²) in [5.41, 5.74) is 1.37. The maximum absolute atomic E-state index is 11.6. The maximum atomic E-state index is 11.6. The predicted molar refractivity (Wildman–Crippen MR) is 92.8 cm³/mol.